The third kappa shape index (κ3) is 1.16. The highest BCUT2D eigenvalue weighted by molar-refractivity contribution is 5.38. The van der Waals surface area contributed by atoms with Gasteiger partial charge in [0.25, 0.3) is 0 Å². The van der Waals surface area contributed by atoms with Crippen molar-refractivity contribution < 1.29 is 11.5 Å². The van der Waals surface area contributed by atoms with Gasteiger partial charge in [-0.15, -0.1) is 0 Å². The van der Waals surface area contributed by atoms with E-state index < -0.39 is 23.7 Å². The summed E-state index contributed by atoms with van der Waals surface area (Å²) in [5, 5.41) is 0. The van der Waals surface area contributed by atoms with Gasteiger partial charge in [0, 0.05) is 6.04 Å². The van der Waals surface area contributed by atoms with Crippen LogP contribution < -0.4 is 5.73 Å². The van der Waals surface area contributed by atoms with Gasteiger partial charge < -0.3 is 5.73 Å². The largest absolute Gasteiger partial charge is 0.396 e. The van der Waals surface area contributed by atoms with Crippen LogP contribution in [0.3, 0.4) is 0 Å². The van der Waals surface area contributed by atoms with E-state index in [9.17, 15) is 8.78 Å². The van der Waals surface area contributed by atoms with Crippen molar-refractivity contribution in [3.8, 4) is 0 Å². The van der Waals surface area contributed by atoms with Crippen molar-refractivity contribution in [2.24, 2.45) is 0 Å². The van der Waals surface area contributed by atoms with E-state index in [4.69, 9.17) is 8.48 Å². The number of hydrogen-bond acceptors (Lipinski definition) is 1. The minimum atomic E-state index is -1.18. The van der Waals surface area contributed by atoms with Crippen molar-refractivity contribution >= 4 is 5.69 Å². The molecule has 48 valence electrons. The summed E-state index contributed by atoms with van der Waals surface area (Å²) in [6, 6.07) is -0.674. The lowest BCUT2D eigenvalue weighted by atomic mass is 10.3. The Morgan fingerprint density at radius 3 is 2.89 bits per heavy atom. The third-order valence-electron chi connectivity index (χ3n) is 0.827. The first kappa shape index (κ1) is 3.82. The lowest BCUT2D eigenvalue weighted by molar-refractivity contribution is 0.586. The molecule has 0 amide bonds. The molecular formula is C6H5F2N. The lowest BCUT2D eigenvalue weighted by Crippen LogP contribution is -1.89. The number of halogens is 2. The highest BCUT2D eigenvalue weighted by atomic mass is 19.1. The fraction of sp³-hybridized carbons (Fsp3) is 0. The van der Waals surface area contributed by atoms with E-state index >= 15 is 0 Å². The summed E-state index contributed by atoms with van der Waals surface area (Å²) in [4.78, 5) is 0. The minimum Gasteiger partial charge on any atom is -0.396 e. The second kappa shape index (κ2) is 2.01. The van der Waals surface area contributed by atoms with Gasteiger partial charge in [0.05, 0.1) is 8.43 Å². The Kier molecular flexibility index (Phi) is 0.853. The summed E-state index contributed by atoms with van der Waals surface area (Å²) in [5.41, 5.74) is 4.64. The van der Waals surface area contributed by atoms with E-state index in [0.29, 0.717) is 0 Å². The molecule has 0 aromatic heterocycles. The Morgan fingerprint density at radius 1 is 1.56 bits per heavy atom. The smallest absolute Gasteiger partial charge is 0.148 e. The van der Waals surface area contributed by atoms with E-state index in [1.807, 2.05) is 0 Å². The van der Waals surface area contributed by atoms with Gasteiger partial charge >= 0.3 is 0 Å². The SMILES string of the molecule is [2H]c1cc(N)c(F)c([2H])c1F. The molecule has 0 spiro atoms. The van der Waals surface area contributed by atoms with Crippen LogP contribution in [-0.4, -0.2) is 0 Å². The first-order valence-corrected chi connectivity index (χ1v) is 2.24. The zero-order valence-electron chi connectivity index (χ0n) is 6.41. The zero-order valence-corrected chi connectivity index (χ0v) is 4.41. The predicted octanol–water partition coefficient (Wildman–Crippen LogP) is 1.55. The maximum Gasteiger partial charge on any atom is 0.148 e. The maximum atomic E-state index is 12.5. The monoisotopic (exact) mass is 131 g/mol. The van der Waals surface area contributed by atoms with Crippen molar-refractivity contribution in [2.75, 3.05) is 5.73 Å². The molecular weight excluding hydrogens is 124 g/mol. The standard InChI is InChI=1S/C6H5F2N/c7-4-1-2-6(9)5(8)3-4/h1-3H,9H2/i1D,3D. The molecule has 0 bridgehead atoms. The van der Waals surface area contributed by atoms with Crippen LogP contribution >= 0.6 is 0 Å². The molecule has 0 radical (unpaired) electrons. The number of nitrogens with two attached hydrogens (primary N) is 1. The summed E-state index contributed by atoms with van der Waals surface area (Å²) in [6.07, 6.45) is 0. The van der Waals surface area contributed by atoms with E-state index in [1.54, 1.807) is 0 Å². The molecule has 0 aliphatic carbocycles. The molecule has 0 heterocycles. The molecule has 1 nitrogen and oxygen atoms in total. The second-order valence-electron chi connectivity index (χ2n) is 1.50. The molecule has 2 N–H and O–H groups in total. The van der Waals surface area contributed by atoms with Crippen LogP contribution in [0.4, 0.5) is 14.5 Å². The molecule has 0 fully saturated rings. The molecule has 3 heteroatoms. The Bertz CT molecular complexity index is 275. The van der Waals surface area contributed by atoms with Gasteiger partial charge in [-0.3, -0.25) is 0 Å². The lowest BCUT2D eigenvalue weighted by Gasteiger charge is -1.92. The molecule has 1 rings (SSSR count). The summed E-state index contributed by atoms with van der Waals surface area (Å²) in [7, 11) is 0. The van der Waals surface area contributed by atoms with Crippen molar-refractivity contribution in [1.82, 2.24) is 0 Å². The van der Waals surface area contributed by atoms with Crippen LogP contribution in [-0.2, 0) is 0 Å². The Morgan fingerprint density at radius 2 is 2.22 bits per heavy atom. The van der Waals surface area contributed by atoms with Gasteiger partial charge in [-0.25, -0.2) is 8.78 Å². The summed E-state index contributed by atoms with van der Waals surface area (Å²) in [6.45, 7) is 0. The molecule has 0 atom stereocenters. The normalized spacial score (nSPS) is 12.7. The van der Waals surface area contributed by atoms with E-state index in [1.165, 1.54) is 0 Å². The third-order valence-corrected chi connectivity index (χ3v) is 0.827. The van der Waals surface area contributed by atoms with Crippen molar-refractivity contribution in [3.05, 3.63) is 29.8 Å². The number of anilines is 1. The van der Waals surface area contributed by atoms with Crippen LogP contribution in [0.5, 0.6) is 0 Å². The van der Waals surface area contributed by atoms with Gasteiger partial charge in [-0.05, 0) is 12.1 Å². The predicted molar refractivity (Wildman–Crippen MR) is 30.8 cm³/mol. The second-order valence-corrected chi connectivity index (χ2v) is 1.50. The van der Waals surface area contributed by atoms with Gasteiger partial charge in [0.15, 0.2) is 0 Å². The van der Waals surface area contributed by atoms with Gasteiger partial charge in [-0.2, -0.15) is 0 Å². The number of nitrogen functional groups attached to an aromatic ring is 1. The van der Waals surface area contributed by atoms with Crippen molar-refractivity contribution in [3.63, 3.8) is 0 Å². The van der Waals surface area contributed by atoms with E-state index in [0.717, 1.165) is 6.07 Å². The van der Waals surface area contributed by atoms with Gasteiger partial charge in [0.1, 0.15) is 11.6 Å². The average molecular weight is 131 g/mol. The van der Waals surface area contributed by atoms with E-state index in [2.05, 4.69) is 0 Å². The molecule has 0 aliphatic heterocycles. The van der Waals surface area contributed by atoms with Gasteiger partial charge in [0.2, 0.25) is 0 Å². The topological polar surface area (TPSA) is 26.0 Å². The molecule has 0 saturated carbocycles. The first-order valence-electron chi connectivity index (χ1n) is 3.24. The van der Waals surface area contributed by atoms with Gasteiger partial charge in [-0.1, -0.05) is 0 Å². The maximum absolute atomic E-state index is 12.5. The Labute approximate surface area is 53.9 Å². The fourth-order valence-corrected chi connectivity index (χ4v) is 0.409. The summed E-state index contributed by atoms with van der Waals surface area (Å²) < 4.78 is 38.7. The van der Waals surface area contributed by atoms with Crippen LogP contribution in [0.1, 0.15) is 2.74 Å². The molecule has 0 unspecified atom stereocenters. The zero-order chi connectivity index (χ0) is 8.59. The Balaban J connectivity index is 3.46. The van der Waals surface area contributed by atoms with Crippen LogP contribution in [0, 0.1) is 11.6 Å². The van der Waals surface area contributed by atoms with Crippen LogP contribution in [0.2, 0.25) is 0 Å². The summed E-state index contributed by atoms with van der Waals surface area (Å²) >= 11 is 0. The number of benzene rings is 1. The van der Waals surface area contributed by atoms with Crippen molar-refractivity contribution in [1.29, 1.82) is 0 Å². The molecule has 0 aliphatic rings. The quantitative estimate of drug-likeness (QED) is 0.531. The highest BCUT2D eigenvalue weighted by Crippen LogP contribution is 2.09. The number of rotatable bonds is 0. The first-order chi connectivity index (χ1) is 5.04. The summed E-state index contributed by atoms with van der Waals surface area (Å²) in [5.74, 6) is -2.30. The Hall–Kier alpha value is -1.12. The minimum absolute atomic E-state index is 0.374. The van der Waals surface area contributed by atoms with Crippen molar-refractivity contribution in [2.45, 2.75) is 0 Å². The molecule has 1 aromatic carbocycles. The highest BCUT2D eigenvalue weighted by Gasteiger charge is 1.96. The van der Waals surface area contributed by atoms with E-state index in [-0.39, 0.29) is 5.69 Å². The molecule has 0 saturated heterocycles. The van der Waals surface area contributed by atoms with Crippen LogP contribution in [0.25, 0.3) is 0 Å². The fourth-order valence-electron chi connectivity index (χ4n) is 0.409. The average Bonchev–Trinajstić information content (AvgIpc) is 1.97. The molecule has 1 aromatic rings. The number of hydrogen-bond donors (Lipinski definition) is 1. The van der Waals surface area contributed by atoms with Crippen LogP contribution in [0.15, 0.2) is 18.2 Å². The molecule has 9 heavy (non-hydrogen) atoms.